The van der Waals surface area contributed by atoms with E-state index in [2.05, 4.69) is 53.7 Å². The largest absolute Gasteiger partial charge is 0.471 e. The number of allylic oxidation sites excluding steroid dienone is 3. The molecule has 2 bridgehead atoms. The lowest BCUT2D eigenvalue weighted by Crippen LogP contribution is -2.44. The Morgan fingerprint density at radius 3 is 2.31 bits per heavy atom. The lowest BCUT2D eigenvalue weighted by Gasteiger charge is -2.45. The summed E-state index contributed by atoms with van der Waals surface area (Å²) in [5.41, 5.74) is 3.70. The Kier molecular flexibility index (Phi) is 13.8. The van der Waals surface area contributed by atoms with Crippen LogP contribution in [0.5, 0.6) is 0 Å². The maximum Gasteiger partial charge on any atom is 0.471 e. The van der Waals surface area contributed by atoms with Crippen LogP contribution < -0.4 is 5.32 Å². The summed E-state index contributed by atoms with van der Waals surface area (Å²) in [6, 6.07) is 2.97. The minimum atomic E-state index is -4.98. The highest BCUT2D eigenvalue weighted by Crippen LogP contribution is 2.52. The monoisotopic (exact) mass is 735 g/mol. The maximum atomic E-state index is 14.8. The average Bonchev–Trinajstić information content (AvgIpc) is 3.63. The van der Waals surface area contributed by atoms with Crippen LogP contribution in [0.2, 0.25) is 18.1 Å². The van der Waals surface area contributed by atoms with E-state index in [0.717, 1.165) is 59.7 Å². The molecule has 0 spiro atoms. The van der Waals surface area contributed by atoms with Gasteiger partial charge in [-0.25, -0.2) is 4.79 Å². The Hall–Kier alpha value is -2.50. The minimum Gasteiger partial charge on any atom is -0.450 e. The van der Waals surface area contributed by atoms with Crippen LogP contribution in [0.3, 0.4) is 0 Å². The Morgan fingerprint density at radius 1 is 1.02 bits per heavy atom. The molecule has 7 atom stereocenters. The van der Waals surface area contributed by atoms with Crippen molar-refractivity contribution in [2.45, 2.75) is 162 Å². The van der Waals surface area contributed by atoms with E-state index in [4.69, 9.17) is 13.9 Å². The first-order chi connectivity index (χ1) is 24.0. The average molecular weight is 736 g/mol. The Morgan fingerprint density at radius 2 is 1.71 bits per heavy atom. The van der Waals surface area contributed by atoms with E-state index in [-0.39, 0.29) is 49.5 Å². The summed E-state index contributed by atoms with van der Waals surface area (Å²) in [7, 11) is -2.07. The van der Waals surface area contributed by atoms with Crippen molar-refractivity contribution >= 4 is 26.0 Å². The molecular weight excluding hydrogens is 676 g/mol. The van der Waals surface area contributed by atoms with Crippen LogP contribution in [0, 0.1) is 17.3 Å². The van der Waals surface area contributed by atoms with Gasteiger partial charge in [-0.1, -0.05) is 45.4 Å². The molecule has 0 saturated carbocycles. The summed E-state index contributed by atoms with van der Waals surface area (Å²) >= 11 is 0. The Labute approximate surface area is 304 Å². The molecule has 0 aromatic rings. The normalized spacial score (nSPS) is 33.3. The van der Waals surface area contributed by atoms with Crippen LogP contribution in [0.1, 0.15) is 113 Å². The number of ether oxygens (including phenoxy) is 2. The molecule has 0 unspecified atom stereocenters. The molecule has 4 rings (SSSR count). The smallest absolute Gasteiger partial charge is 0.450 e. The third-order valence-electron chi connectivity index (χ3n) is 12.4. The first kappa shape index (κ1) is 41.3. The molecule has 1 N–H and O–H groups in total. The number of hydrogen-bond acceptors (Lipinski definition) is 6. The van der Waals surface area contributed by atoms with E-state index in [9.17, 15) is 27.6 Å². The highest BCUT2D eigenvalue weighted by molar-refractivity contribution is 6.73. The quantitative estimate of drug-likeness (QED) is 0.104. The number of alkyl halides is 3. The van der Waals surface area contributed by atoms with Gasteiger partial charge in [-0.15, -0.1) is 0 Å². The lowest BCUT2D eigenvalue weighted by molar-refractivity contribution is -0.173. The Bertz CT molecular complexity index is 1420. The van der Waals surface area contributed by atoms with Gasteiger partial charge in [-0.05, 0) is 126 Å². The SMILES string of the molecule is CC[Si](CC)(CC)O[C@H]1CC[C@@H]2C[C@@H](C)[C@@H](O2)/C(C)=C/CCC(=O)[C@@]2(CCCNC(=O)C(F)(F)F)CCC([C@@H]3C=C(C)C(=O)O3)=C(C)[C@@H]2/C=C/1C. The summed E-state index contributed by atoms with van der Waals surface area (Å²) in [5, 5.41) is 2.01. The number of esters is 1. The molecule has 11 heteroatoms. The summed E-state index contributed by atoms with van der Waals surface area (Å²) in [4.78, 5) is 38.9. The number of halogens is 3. The van der Waals surface area contributed by atoms with Crippen LogP contribution in [0.4, 0.5) is 13.2 Å². The molecule has 3 heterocycles. The third-order valence-corrected chi connectivity index (χ3v) is 17.0. The topological polar surface area (TPSA) is 90.9 Å². The number of carbonyl (C=O) groups excluding carboxylic acids is 3. The van der Waals surface area contributed by atoms with Crippen LogP contribution in [-0.4, -0.2) is 63.1 Å². The second-order valence-corrected chi connectivity index (χ2v) is 20.2. The zero-order valence-electron chi connectivity index (χ0n) is 32.0. The molecule has 3 aliphatic heterocycles. The van der Waals surface area contributed by atoms with Gasteiger partial charge < -0.3 is 19.2 Å². The van der Waals surface area contributed by atoms with Gasteiger partial charge in [0.05, 0.1) is 18.3 Å². The van der Waals surface area contributed by atoms with Crippen molar-refractivity contribution in [1.82, 2.24) is 5.32 Å². The number of carbonyl (C=O) groups is 3. The number of rotatable bonds is 10. The number of nitrogens with one attached hydrogen (secondary N) is 1. The molecule has 0 aromatic heterocycles. The first-order valence-corrected chi connectivity index (χ1v) is 21.7. The van der Waals surface area contributed by atoms with Gasteiger partial charge in [-0.2, -0.15) is 13.2 Å². The first-order valence-electron chi connectivity index (χ1n) is 19.2. The van der Waals surface area contributed by atoms with Crippen LogP contribution >= 0.6 is 0 Å². The molecule has 1 fully saturated rings. The van der Waals surface area contributed by atoms with E-state index < -0.39 is 37.8 Å². The van der Waals surface area contributed by atoms with E-state index in [1.807, 2.05) is 18.3 Å². The van der Waals surface area contributed by atoms with Crippen molar-refractivity contribution in [3.8, 4) is 0 Å². The fourth-order valence-electron chi connectivity index (χ4n) is 8.99. The summed E-state index contributed by atoms with van der Waals surface area (Å²) in [6.45, 7) is 16.6. The molecule has 0 radical (unpaired) electrons. The van der Waals surface area contributed by atoms with Gasteiger partial charge in [0.1, 0.15) is 11.9 Å². The molecule has 1 saturated heterocycles. The van der Waals surface area contributed by atoms with Crippen molar-refractivity contribution in [3.05, 3.63) is 46.1 Å². The minimum absolute atomic E-state index is 0.00590. The standard InChI is InChI=1S/C40H60F3NO6Si/c1-9-51(10-2,11-3)50-33-17-16-30-22-27(6)36(48-30)25(4)14-12-15-35(45)39(19-13-21-44-38(47)40(41,42)43)20-18-31(29(8)32(39)23-26(33)5)34-24-28(7)37(46)49-34/h14,23-24,27,30,32-34,36H,9-13,15-22H2,1-8H3,(H,44,47)/b25-14+,26-23+/t27-,30-,32+,33+,34+,36+,39+/m1/s1. The molecule has 1 aliphatic carbocycles. The van der Waals surface area contributed by atoms with Crippen molar-refractivity contribution < 1.29 is 41.5 Å². The van der Waals surface area contributed by atoms with E-state index in [0.29, 0.717) is 37.2 Å². The number of fused-ring (bicyclic) bond motifs is 3. The molecule has 0 aromatic carbocycles. The number of cyclic esters (lactones) is 1. The second-order valence-electron chi connectivity index (χ2n) is 15.5. The summed E-state index contributed by atoms with van der Waals surface area (Å²) in [6.07, 6.45) is 5.47. The van der Waals surface area contributed by atoms with Gasteiger partial charge >= 0.3 is 18.1 Å². The zero-order valence-corrected chi connectivity index (χ0v) is 33.0. The van der Waals surface area contributed by atoms with Crippen LogP contribution in [-0.2, 0) is 28.3 Å². The van der Waals surface area contributed by atoms with E-state index in [1.54, 1.807) is 6.92 Å². The number of hydrogen-bond donors (Lipinski definition) is 1. The van der Waals surface area contributed by atoms with Gasteiger partial charge in [0, 0.05) is 29.9 Å². The molecular formula is C40H60F3NO6Si. The van der Waals surface area contributed by atoms with Gasteiger partial charge in [0.25, 0.3) is 0 Å². The number of Topliss-reactive ketones (excluding diaryl/α,β-unsaturated/α-hetero) is 1. The van der Waals surface area contributed by atoms with E-state index in [1.165, 1.54) is 0 Å². The molecule has 286 valence electrons. The van der Waals surface area contributed by atoms with Gasteiger partial charge in [-0.3, -0.25) is 9.59 Å². The van der Waals surface area contributed by atoms with Crippen molar-refractivity contribution in [1.29, 1.82) is 0 Å². The Balaban J connectivity index is 1.84. The second kappa shape index (κ2) is 17.1. The maximum absolute atomic E-state index is 14.8. The summed E-state index contributed by atoms with van der Waals surface area (Å²) in [5.74, 6) is -2.31. The van der Waals surface area contributed by atoms with Crippen molar-refractivity contribution in [2.24, 2.45) is 17.3 Å². The fraction of sp³-hybridized carbons (Fsp3) is 0.725. The third kappa shape index (κ3) is 9.36. The van der Waals surface area contributed by atoms with Gasteiger partial charge in [0.2, 0.25) is 0 Å². The lowest BCUT2D eigenvalue weighted by atomic mass is 9.58. The van der Waals surface area contributed by atoms with Crippen molar-refractivity contribution in [2.75, 3.05) is 6.54 Å². The summed E-state index contributed by atoms with van der Waals surface area (Å²) < 4.78 is 58.8. The molecule has 4 aliphatic rings. The van der Waals surface area contributed by atoms with Crippen LogP contribution in [0.25, 0.3) is 0 Å². The van der Waals surface area contributed by atoms with Crippen molar-refractivity contribution in [3.63, 3.8) is 0 Å². The highest BCUT2D eigenvalue weighted by atomic mass is 28.4. The number of amides is 1. The van der Waals surface area contributed by atoms with Gasteiger partial charge in [0.15, 0.2) is 8.32 Å². The molecule has 51 heavy (non-hydrogen) atoms. The molecule has 7 nitrogen and oxygen atoms in total. The molecule has 1 amide bonds. The van der Waals surface area contributed by atoms with Crippen LogP contribution in [0.15, 0.2) is 46.1 Å². The fourth-order valence-corrected chi connectivity index (χ4v) is 11.9. The predicted molar refractivity (Wildman–Crippen MR) is 195 cm³/mol. The highest BCUT2D eigenvalue weighted by Gasteiger charge is 2.49. The number of ketones is 1. The van der Waals surface area contributed by atoms with E-state index >= 15 is 0 Å². The predicted octanol–water partition coefficient (Wildman–Crippen LogP) is 9.25. The zero-order chi connectivity index (χ0) is 37.7.